The molecule has 3 aromatic rings. The molecule has 0 aromatic heterocycles. The molecule has 0 bridgehead atoms. The summed E-state index contributed by atoms with van der Waals surface area (Å²) in [4.78, 5) is 43.1. The predicted octanol–water partition coefficient (Wildman–Crippen LogP) is 6.25. The molecule has 38 heavy (non-hydrogen) atoms. The van der Waals surface area contributed by atoms with E-state index in [-0.39, 0.29) is 30.5 Å². The first kappa shape index (κ1) is 26.1. The van der Waals surface area contributed by atoms with Gasteiger partial charge in [0.15, 0.2) is 5.54 Å². The van der Waals surface area contributed by atoms with Crippen molar-refractivity contribution in [2.24, 2.45) is 0 Å². The van der Waals surface area contributed by atoms with E-state index in [1.807, 2.05) is 30.3 Å². The van der Waals surface area contributed by atoms with Gasteiger partial charge in [-0.05, 0) is 56.9 Å². The highest BCUT2D eigenvalue weighted by molar-refractivity contribution is 9.10. The van der Waals surface area contributed by atoms with Gasteiger partial charge in [0.05, 0.1) is 12.2 Å². The molecule has 1 N–H and O–H groups in total. The molecule has 2 aliphatic rings. The number of aryl methyl sites for hydroxylation is 1. The fourth-order valence-corrected chi connectivity index (χ4v) is 5.76. The van der Waals surface area contributed by atoms with Crippen LogP contribution in [-0.2, 0) is 28.0 Å². The number of Topliss-reactive ketones (excluding diaryl/α,β-unsaturated/α-hetero) is 1. The van der Waals surface area contributed by atoms with Crippen molar-refractivity contribution in [2.45, 2.75) is 57.0 Å². The van der Waals surface area contributed by atoms with E-state index in [0.29, 0.717) is 15.7 Å². The lowest BCUT2D eigenvalue weighted by Gasteiger charge is -2.43. The molecule has 0 unspecified atom stereocenters. The summed E-state index contributed by atoms with van der Waals surface area (Å²) in [7, 11) is 0. The van der Waals surface area contributed by atoms with E-state index in [1.165, 1.54) is 4.90 Å². The highest BCUT2D eigenvalue weighted by Crippen LogP contribution is 2.53. The van der Waals surface area contributed by atoms with E-state index in [4.69, 9.17) is 4.74 Å². The lowest BCUT2D eigenvalue weighted by atomic mass is 9.66. The van der Waals surface area contributed by atoms with E-state index in [9.17, 15) is 14.4 Å². The molecule has 6 nitrogen and oxygen atoms in total. The second-order valence-corrected chi connectivity index (χ2v) is 11.6. The van der Waals surface area contributed by atoms with Gasteiger partial charge in [0, 0.05) is 15.6 Å². The van der Waals surface area contributed by atoms with Crippen LogP contribution in [0, 0.1) is 0 Å². The standard InChI is InChI=1S/C30H28BrFN2O4/c1-28(2,3)38-27(37)33-30(29(32)16-15-20-11-7-8-12-22(20)25(29)35)23-14-13-21(31)17-24(23)34(26(30)36)18-19-9-5-4-6-10-19/h4-14,17H,15-16,18H2,1-3H3,(H,33,37)/t29-,30+/m1/s1. The largest absolute Gasteiger partial charge is 0.444 e. The first-order valence-electron chi connectivity index (χ1n) is 12.4. The van der Waals surface area contributed by atoms with E-state index in [2.05, 4.69) is 21.2 Å². The summed E-state index contributed by atoms with van der Waals surface area (Å²) in [5.74, 6) is -1.56. The summed E-state index contributed by atoms with van der Waals surface area (Å²) in [5, 5.41) is 2.60. The fraction of sp³-hybridized carbons (Fsp3) is 0.300. The zero-order chi connectivity index (χ0) is 27.3. The van der Waals surface area contributed by atoms with Crippen molar-refractivity contribution in [3.05, 3.63) is 99.5 Å². The Labute approximate surface area is 229 Å². The van der Waals surface area contributed by atoms with Gasteiger partial charge in [-0.2, -0.15) is 0 Å². The number of hydrogen-bond donors (Lipinski definition) is 1. The number of anilines is 1. The first-order chi connectivity index (χ1) is 18.0. The van der Waals surface area contributed by atoms with Crippen LogP contribution in [0.4, 0.5) is 14.9 Å². The third-order valence-corrected chi connectivity index (χ3v) is 7.54. The third-order valence-electron chi connectivity index (χ3n) is 7.05. The molecule has 0 spiro atoms. The minimum atomic E-state index is -2.76. The van der Waals surface area contributed by atoms with Crippen LogP contribution in [0.2, 0.25) is 0 Å². The van der Waals surface area contributed by atoms with Crippen LogP contribution in [0.25, 0.3) is 0 Å². The summed E-state index contributed by atoms with van der Waals surface area (Å²) in [6.07, 6.45) is -1.03. The molecule has 1 aliphatic carbocycles. The summed E-state index contributed by atoms with van der Waals surface area (Å²) in [6.45, 7) is 5.16. The Bertz CT molecular complexity index is 1440. The Morgan fingerprint density at radius 2 is 1.74 bits per heavy atom. The van der Waals surface area contributed by atoms with Gasteiger partial charge in [-0.1, -0.05) is 76.6 Å². The summed E-state index contributed by atoms with van der Waals surface area (Å²) >= 11 is 3.46. The predicted molar refractivity (Wildman–Crippen MR) is 146 cm³/mol. The van der Waals surface area contributed by atoms with Crippen LogP contribution in [0.3, 0.4) is 0 Å². The lowest BCUT2D eigenvalue weighted by molar-refractivity contribution is -0.130. The van der Waals surface area contributed by atoms with Crippen molar-refractivity contribution >= 4 is 39.4 Å². The maximum atomic E-state index is 17.7. The number of hydrogen-bond acceptors (Lipinski definition) is 4. The van der Waals surface area contributed by atoms with E-state index < -0.39 is 34.6 Å². The zero-order valence-electron chi connectivity index (χ0n) is 21.4. The number of ketones is 1. The topological polar surface area (TPSA) is 75.7 Å². The van der Waals surface area contributed by atoms with Gasteiger partial charge in [-0.3, -0.25) is 14.9 Å². The molecular formula is C30H28BrFN2O4. The third kappa shape index (κ3) is 4.21. The molecular weight excluding hydrogens is 551 g/mol. The van der Waals surface area contributed by atoms with Crippen LogP contribution >= 0.6 is 15.9 Å². The summed E-state index contributed by atoms with van der Waals surface area (Å²) in [6, 6.07) is 21.1. The first-order valence-corrected chi connectivity index (χ1v) is 13.2. The number of nitrogens with one attached hydrogen (secondary N) is 1. The molecule has 2 atom stereocenters. The van der Waals surface area contributed by atoms with Gasteiger partial charge in [-0.25, -0.2) is 9.18 Å². The maximum Gasteiger partial charge on any atom is 0.408 e. The number of alkyl halides is 1. The number of ether oxygens (including phenoxy) is 1. The minimum absolute atomic E-state index is 0.127. The number of carbonyl (C=O) groups is 3. The number of alkyl carbamates (subject to hydrolysis) is 1. The van der Waals surface area contributed by atoms with Gasteiger partial charge in [0.2, 0.25) is 11.5 Å². The van der Waals surface area contributed by atoms with Crippen molar-refractivity contribution in [3.63, 3.8) is 0 Å². The van der Waals surface area contributed by atoms with Gasteiger partial charge in [0.1, 0.15) is 5.60 Å². The highest BCUT2D eigenvalue weighted by Gasteiger charge is 2.69. The Morgan fingerprint density at radius 3 is 2.45 bits per heavy atom. The SMILES string of the molecule is CC(C)(C)OC(=O)N[C@]1([C@@]2(F)CCc3ccccc3C2=O)C(=O)N(Cc2ccccc2)c2cc(Br)ccc21. The normalized spacial score (nSPS) is 22.6. The smallest absolute Gasteiger partial charge is 0.408 e. The molecule has 0 fully saturated rings. The number of amides is 2. The van der Waals surface area contributed by atoms with Crippen LogP contribution < -0.4 is 10.2 Å². The van der Waals surface area contributed by atoms with Gasteiger partial charge in [0.25, 0.3) is 5.91 Å². The molecule has 3 aromatic carbocycles. The highest BCUT2D eigenvalue weighted by atomic mass is 79.9. The van der Waals surface area contributed by atoms with Crippen LogP contribution in [0.5, 0.6) is 0 Å². The van der Waals surface area contributed by atoms with Crippen molar-refractivity contribution in [2.75, 3.05) is 4.90 Å². The van der Waals surface area contributed by atoms with Crippen LogP contribution in [0.15, 0.2) is 77.3 Å². The van der Waals surface area contributed by atoms with Gasteiger partial charge >= 0.3 is 6.09 Å². The molecule has 1 heterocycles. The average molecular weight is 579 g/mol. The summed E-state index contributed by atoms with van der Waals surface area (Å²) in [5.41, 5.74) is -3.65. The lowest BCUT2D eigenvalue weighted by Crippen LogP contribution is -2.68. The van der Waals surface area contributed by atoms with E-state index in [1.54, 1.807) is 63.2 Å². The van der Waals surface area contributed by atoms with Crippen molar-refractivity contribution in [3.8, 4) is 0 Å². The Hall–Kier alpha value is -3.52. The van der Waals surface area contributed by atoms with Crippen molar-refractivity contribution in [1.82, 2.24) is 5.32 Å². The molecule has 5 rings (SSSR count). The van der Waals surface area contributed by atoms with E-state index in [0.717, 1.165) is 5.56 Å². The summed E-state index contributed by atoms with van der Waals surface area (Å²) < 4.78 is 23.8. The number of halogens is 2. The average Bonchev–Trinajstić information content (AvgIpc) is 3.09. The van der Waals surface area contributed by atoms with Gasteiger partial charge < -0.3 is 9.64 Å². The Morgan fingerprint density at radius 1 is 1.05 bits per heavy atom. The maximum absolute atomic E-state index is 17.7. The second kappa shape index (κ2) is 9.34. The molecule has 0 saturated carbocycles. The molecule has 0 radical (unpaired) electrons. The fourth-order valence-electron chi connectivity index (χ4n) is 5.41. The Kier molecular flexibility index (Phi) is 6.42. The second-order valence-electron chi connectivity index (χ2n) is 10.7. The zero-order valence-corrected chi connectivity index (χ0v) is 23.0. The quantitative estimate of drug-likeness (QED) is 0.397. The van der Waals surface area contributed by atoms with Crippen molar-refractivity contribution < 1.29 is 23.5 Å². The molecule has 1 aliphatic heterocycles. The monoisotopic (exact) mass is 578 g/mol. The molecule has 2 amide bonds. The van der Waals surface area contributed by atoms with E-state index >= 15 is 4.39 Å². The van der Waals surface area contributed by atoms with Crippen molar-refractivity contribution in [1.29, 1.82) is 0 Å². The number of benzene rings is 3. The number of fused-ring (bicyclic) bond motifs is 2. The number of rotatable bonds is 4. The molecule has 196 valence electrons. The molecule has 8 heteroatoms. The number of nitrogens with zero attached hydrogens (tertiary/aromatic N) is 1. The van der Waals surface area contributed by atoms with Crippen LogP contribution in [0.1, 0.15) is 54.2 Å². The van der Waals surface area contributed by atoms with Crippen LogP contribution in [-0.4, -0.2) is 29.1 Å². The Balaban J connectivity index is 1.72. The minimum Gasteiger partial charge on any atom is -0.444 e. The van der Waals surface area contributed by atoms with Gasteiger partial charge in [-0.15, -0.1) is 0 Å². The number of carbonyl (C=O) groups excluding carboxylic acids is 3. The molecule has 0 saturated heterocycles.